The number of carbonyl (C=O) groups is 2. The molecule has 0 aliphatic rings. The molecule has 2 aromatic carbocycles. The molecule has 0 aliphatic heterocycles. The Morgan fingerprint density at radius 2 is 1.61 bits per heavy atom. The van der Waals surface area contributed by atoms with Gasteiger partial charge < -0.3 is 10.6 Å². The standard InChI is InChI=1S/C17H16Cl2N2O2/c1-10-3-4-11(2)15(7-10)21-17(23)9-16(22)20-12-5-6-13(18)14(19)8-12/h3-8H,9H2,1-2H3,(H,20,22)(H,21,23). The minimum atomic E-state index is -0.425. The molecule has 0 unspecified atom stereocenters. The first-order chi connectivity index (χ1) is 10.8. The van der Waals surface area contributed by atoms with E-state index in [-0.39, 0.29) is 12.3 Å². The van der Waals surface area contributed by atoms with Crippen LogP contribution in [0, 0.1) is 13.8 Å². The molecule has 0 bridgehead atoms. The molecule has 120 valence electrons. The number of halogens is 2. The van der Waals surface area contributed by atoms with Crippen molar-refractivity contribution in [3.05, 3.63) is 57.6 Å². The predicted octanol–water partition coefficient (Wildman–Crippen LogP) is 4.58. The van der Waals surface area contributed by atoms with Gasteiger partial charge in [0.15, 0.2) is 0 Å². The number of anilines is 2. The molecule has 23 heavy (non-hydrogen) atoms. The van der Waals surface area contributed by atoms with Gasteiger partial charge >= 0.3 is 0 Å². The number of amides is 2. The average Bonchev–Trinajstić information content (AvgIpc) is 2.46. The van der Waals surface area contributed by atoms with Crippen molar-refractivity contribution in [2.75, 3.05) is 10.6 Å². The Morgan fingerprint density at radius 3 is 2.30 bits per heavy atom. The molecule has 0 aromatic heterocycles. The third-order valence-electron chi connectivity index (χ3n) is 3.19. The van der Waals surface area contributed by atoms with Crippen molar-refractivity contribution in [3.8, 4) is 0 Å². The molecule has 2 N–H and O–H groups in total. The fourth-order valence-corrected chi connectivity index (χ4v) is 2.29. The lowest BCUT2D eigenvalue weighted by molar-refractivity contribution is -0.123. The highest BCUT2D eigenvalue weighted by Gasteiger charge is 2.12. The van der Waals surface area contributed by atoms with Crippen molar-refractivity contribution in [1.82, 2.24) is 0 Å². The van der Waals surface area contributed by atoms with Crippen molar-refractivity contribution >= 4 is 46.4 Å². The Labute approximate surface area is 144 Å². The van der Waals surface area contributed by atoms with Crippen LogP contribution in [0.5, 0.6) is 0 Å². The van der Waals surface area contributed by atoms with E-state index in [1.807, 2.05) is 32.0 Å². The van der Waals surface area contributed by atoms with Crippen LogP contribution in [0.4, 0.5) is 11.4 Å². The minimum absolute atomic E-state index is 0.284. The number of carbonyl (C=O) groups excluding carboxylic acids is 2. The second-order valence-corrected chi connectivity index (χ2v) is 6.03. The van der Waals surface area contributed by atoms with Gasteiger partial charge in [0.1, 0.15) is 6.42 Å². The van der Waals surface area contributed by atoms with E-state index < -0.39 is 5.91 Å². The van der Waals surface area contributed by atoms with Gasteiger partial charge in [0.05, 0.1) is 10.0 Å². The average molecular weight is 351 g/mol. The molecular formula is C17H16Cl2N2O2. The first-order valence-electron chi connectivity index (χ1n) is 6.97. The van der Waals surface area contributed by atoms with Crippen LogP contribution in [0.2, 0.25) is 10.0 Å². The topological polar surface area (TPSA) is 58.2 Å². The second-order valence-electron chi connectivity index (χ2n) is 5.22. The van der Waals surface area contributed by atoms with Crippen LogP contribution >= 0.6 is 23.2 Å². The first-order valence-corrected chi connectivity index (χ1v) is 7.73. The molecule has 0 heterocycles. The largest absolute Gasteiger partial charge is 0.326 e. The van der Waals surface area contributed by atoms with Gasteiger partial charge in [0.25, 0.3) is 0 Å². The fraction of sp³-hybridized carbons (Fsp3) is 0.176. The third kappa shape index (κ3) is 4.98. The van der Waals surface area contributed by atoms with E-state index in [1.54, 1.807) is 12.1 Å². The van der Waals surface area contributed by atoms with Crippen LogP contribution < -0.4 is 10.6 Å². The van der Waals surface area contributed by atoms with Gasteiger partial charge in [-0.3, -0.25) is 9.59 Å². The number of hydrogen-bond acceptors (Lipinski definition) is 2. The molecule has 0 atom stereocenters. The zero-order valence-corrected chi connectivity index (χ0v) is 14.3. The first kappa shape index (κ1) is 17.3. The SMILES string of the molecule is Cc1ccc(C)c(NC(=O)CC(=O)Nc2ccc(Cl)c(Cl)c2)c1. The van der Waals surface area contributed by atoms with Gasteiger partial charge in [0, 0.05) is 11.4 Å². The lowest BCUT2D eigenvalue weighted by Gasteiger charge is -2.10. The van der Waals surface area contributed by atoms with Gasteiger partial charge in [0.2, 0.25) is 11.8 Å². The van der Waals surface area contributed by atoms with Crippen LogP contribution in [0.3, 0.4) is 0 Å². The van der Waals surface area contributed by atoms with E-state index in [2.05, 4.69) is 10.6 Å². The van der Waals surface area contributed by atoms with Gasteiger partial charge in [-0.1, -0.05) is 35.3 Å². The summed E-state index contributed by atoms with van der Waals surface area (Å²) in [4.78, 5) is 23.9. The Bertz CT molecular complexity index is 760. The zero-order valence-electron chi connectivity index (χ0n) is 12.7. The van der Waals surface area contributed by atoms with E-state index in [4.69, 9.17) is 23.2 Å². The number of rotatable bonds is 4. The van der Waals surface area contributed by atoms with Gasteiger partial charge in [-0.05, 0) is 49.2 Å². The summed E-state index contributed by atoms with van der Waals surface area (Å²) < 4.78 is 0. The highest BCUT2D eigenvalue weighted by molar-refractivity contribution is 6.42. The lowest BCUT2D eigenvalue weighted by Crippen LogP contribution is -2.21. The maximum Gasteiger partial charge on any atom is 0.233 e. The quantitative estimate of drug-likeness (QED) is 0.793. The molecule has 0 aliphatic carbocycles. The Balaban J connectivity index is 1.95. The van der Waals surface area contributed by atoms with E-state index in [9.17, 15) is 9.59 Å². The molecule has 0 saturated carbocycles. The molecule has 0 fully saturated rings. The maximum absolute atomic E-state index is 12.0. The second kappa shape index (κ2) is 7.49. The molecular weight excluding hydrogens is 335 g/mol. The van der Waals surface area contributed by atoms with E-state index in [0.717, 1.165) is 11.1 Å². The van der Waals surface area contributed by atoms with Crippen LogP contribution in [-0.4, -0.2) is 11.8 Å². The van der Waals surface area contributed by atoms with Crippen molar-refractivity contribution in [2.24, 2.45) is 0 Å². The fourth-order valence-electron chi connectivity index (χ4n) is 1.99. The van der Waals surface area contributed by atoms with E-state index >= 15 is 0 Å². The van der Waals surface area contributed by atoms with Crippen LogP contribution in [0.1, 0.15) is 17.5 Å². The molecule has 2 amide bonds. The van der Waals surface area contributed by atoms with Crippen molar-refractivity contribution in [2.45, 2.75) is 20.3 Å². The molecule has 0 saturated heterocycles. The highest BCUT2D eigenvalue weighted by Crippen LogP contribution is 2.25. The molecule has 2 rings (SSSR count). The smallest absolute Gasteiger partial charge is 0.233 e. The van der Waals surface area contributed by atoms with Gasteiger partial charge in [-0.25, -0.2) is 0 Å². The Morgan fingerprint density at radius 1 is 0.913 bits per heavy atom. The van der Waals surface area contributed by atoms with Gasteiger partial charge in [-0.2, -0.15) is 0 Å². The summed E-state index contributed by atoms with van der Waals surface area (Å²) in [5.74, 6) is -0.803. The van der Waals surface area contributed by atoms with Crippen LogP contribution in [0.15, 0.2) is 36.4 Å². The van der Waals surface area contributed by atoms with E-state index in [1.165, 1.54) is 6.07 Å². The van der Waals surface area contributed by atoms with Gasteiger partial charge in [-0.15, -0.1) is 0 Å². The number of nitrogens with one attached hydrogen (secondary N) is 2. The summed E-state index contributed by atoms with van der Waals surface area (Å²) in [5, 5.41) is 6.09. The van der Waals surface area contributed by atoms with Crippen LogP contribution in [0.25, 0.3) is 0 Å². The predicted molar refractivity (Wildman–Crippen MR) is 94.3 cm³/mol. The number of benzene rings is 2. The normalized spacial score (nSPS) is 10.3. The monoisotopic (exact) mass is 350 g/mol. The highest BCUT2D eigenvalue weighted by atomic mass is 35.5. The number of aryl methyl sites for hydroxylation is 2. The zero-order chi connectivity index (χ0) is 17.0. The lowest BCUT2D eigenvalue weighted by atomic mass is 10.1. The summed E-state index contributed by atoms with van der Waals surface area (Å²) in [5.41, 5.74) is 3.17. The van der Waals surface area contributed by atoms with Crippen molar-refractivity contribution < 1.29 is 9.59 Å². The molecule has 0 spiro atoms. The van der Waals surface area contributed by atoms with Crippen molar-refractivity contribution in [1.29, 1.82) is 0 Å². The summed E-state index contributed by atoms with van der Waals surface area (Å²) in [7, 11) is 0. The molecule has 4 nitrogen and oxygen atoms in total. The van der Waals surface area contributed by atoms with E-state index in [0.29, 0.717) is 21.4 Å². The van der Waals surface area contributed by atoms with Crippen molar-refractivity contribution in [3.63, 3.8) is 0 Å². The summed E-state index contributed by atoms with van der Waals surface area (Å²) >= 11 is 11.7. The Hall–Kier alpha value is -2.04. The summed E-state index contributed by atoms with van der Waals surface area (Å²) in [6.45, 7) is 3.83. The Kier molecular flexibility index (Phi) is 5.64. The van der Waals surface area contributed by atoms with Crippen LogP contribution in [-0.2, 0) is 9.59 Å². The molecule has 2 aromatic rings. The third-order valence-corrected chi connectivity index (χ3v) is 3.93. The molecule has 0 radical (unpaired) electrons. The summed E-state index contributed by atoms with van der Waals surface area (Å²) in [6, 6.07) is 10.5. The minimum Gasteiger partial charge on any atom is -0.326 e. The molecule has 6 heteroatoms. The summed E-state index contributed by atoms with van der Waals surface area (Å²) in [6.07, 6.45) is -0.284. The number of hydrogen-bond donors (Lipinski definition) is 2. The maximum atomic E-state index is 12.0.